The average molecular weight is 235 g/mol. The van der Waals surface area contributed by atoms with Crippen LogP contribution in [0.2, 0.25) is 0 Å². The third-order valence-corrected chi connectivity index (χ3v) is 0. The second-order valence-corrected chi connectivity index (χ2v) is 1.95. The summed E-state index contributed by atoms with van der Waals surface area (Å²) in [5.41, 5.74) is 0. The first-order valence-electron chi connectivity index (χ1n) is 1.42. The maximum absolute atomic E-state index is 8.91. The van der Waals surface area contributed by atoms with Gasteiger partial charge in [0.1, 0.15) is 0 Å². The minimum absolute atomic E-state index is 0. The van der Waals surface area contributed by atoms with Gasteiger partial charge >= 0.3 is 112 Å². The summed E-state index contributed by atoms with van der Waals surface area (Å²) in [6, 6.07) is 0. The van der Waals surface area contributed by atoms with Crippen LogP contribution in [-0.2, 0) is 0 Å². The molecule has 0 aromatic rings. The molecular formula is H3K2NO7Si. The predicted octanol–water partition coefficient (Wildman–Crippen LogP) is -9.47. The molecule has 0 unspecified atom stereocenters. The smallest absolute Gasteiger partial charge is 0.794 e. The summed E-state index contributed by atoms with van der Waals surface area (Å²) in [5, 5.41) is 14.8. The topological polar surface area (TPSA) is 150 Å². The molecule has 0 aliphatic heterocycles. The van der Waals surface area contributed by atoms with Crippen molar-refractivity contribution in [2.24, 2.45) is 0 Å². The molecule has 0 bridgehead atoms. The van der Waals surface area contributed by atoms with E-state index in [-0.39, 0.29) is 103 Å². The summed E-state index contributed by atoms with van der Waals surface area (Å²) in [5.74, 6) is 0. The van der Waals surface area contributed by atoms with Crippen molar-refractivity contribution in [3.8, 4) is 0 Å². The van der Waals surface area contributed by atoms with E-state index in [1.165, 1.54) is 0 Å². The van der Waals surface area contributed by atoms with Crippen molar-refractivity contribution in [1.82, 2.24) is 0 Å². The Hall–Kier alpha value is 2.53. The first kappa shape index (κ1) is 23.4. The van der Waals surface area contributed by atoms with E-state index in [0.29, 0.717) is 0 Å². The molecule has 0 fully saturated rings. The number of hydrogen-bond donors (Lipinski definition) is 3. The Kier molecular flexibility index (Phi) is 26.6. The van der Waals surface area contributed by atoms with Crippen molar-refractivity contribution in [3.63, 3.8) is 0 Å². The van der Waals surface area contributed by atoms with E-state index in [0.717, 1.165) is 0 Å². The minimum Gasteiger partial charge on any atom is -0.794 e. The normalized spacial score (nSPS) is 7.64. The summed E-state index contributed by atoms with van der Waals surface area (Å²) in [4.78, 5) is 38.8. The second kappa shape index (κ2) is 12.5. The van der Waals surface area contributed by atoms with E-state index in [2.05, 4.69) is 0 Å². The van der Waals surface area contributed by atoms with Crippen molar-refractivity contribution >= 4 is 9.05 Å². The maximum Gasteiger partial charge on any atom is 1.00 e. The van der Waals surface area contributed by atoms with Crippen molar-refractivity contribution in [2.45, 2.75) is 0 Å². The van der Waals surface area contributed by atoms with Crippen molar-refractivity contribution < 1.29 is 127 Å². The molecule has 0 amide bonds. The first-order chi connectivity index (χ1) is 3.73. The van der Waals surface area contributed by atoms with Crippen molar-refractivity contribution in [2.75, 3.05) is 0 Å². The Labute approximate surface area is 148 Å². The summed E-state index contributed by atoms with van der Waals surface area (Å²) >= 11 is 0. The molecule has 0 atom stereocenters. The molecule has 0 aliphatic rings. The van der Waals surface area contributed by atoms with Crippen LogP contribution in [0.5, 0.6) is 0 Å². The van der Waals surface area contributed by atoms with Crippen LogP contribution in [0.1, 0.15) is 0 Å². The van der Waals surface area contributed by atoms with E-state index >= 15 is 0 Å². The van der Waals surface area contributed by atoms with Gasteiger partial charge in [0.2, 0.25) is 0 Å². The van der Waals surface area contributed by atoms with Crippen molar-refractivity contribution in [3.05, 3.63) is 15.3 Å². The van der Waals surface area contributed by atoms with Crippen LogP contribution in [0, 0.1) is 15.3 Å². The fourth-order valence-corrected chi connectivity index (χ4v) is 0. The third-order valence-electron chi connectivity index (χ3n) is 0. The Balaban J connectivity index is -0.0000000383. The van der Waals surface area contributed by atoms with Gasteiger partial charge in [-0.3, -0.25) is 0 Å². The molecule has 0 saturated carbocycles. The molecule has 3 N–H and O–H groups in total. The predicted molar refractivity (Wildman–Crippen MR) is 22.8 cm³/mol. The number of nitrogens with zero attached hydrogens (tertiary/aromatic N) is 1. The molecule has 0 saturated heterocycles. The molecule has 8 nitrogen and oxygen atoms in total. The zero-order valence-corrected chi connectivity index (χ0v) is 13.2. The molecule has 0 spiro atoms. The SMILES string of the molecule is O=[N+]([O-])[O-].[K+].[K+].[O-][Si](O)(O)O. The van der Waals surface area contributed by atoms with Crippen LogP contribution in [0.15, 0.2) is 0 Å². The largest absolute Gasteiger partial charge is 1.00 e. The van der Waals surface area contributed by atoms with Crippen LogP contribution in [0.4, 0.5) is 0 Å². The molecular weight excluding hydrogens is 232 g/mol. The molecule has 11 heteroatoms. The zero-order valence-electron chi connectivity index (χ0n) is 5.92. The van der Waals surface area contributed by atoms with Gasteiger partial charge < -0.3 is 34.5 Å². The monoisotopic (exact) mass is 235 g/mol. The first-order valence-corrected chi connectivity index (χ1v) is 3.17. The van der Waals surface area contributed by atoms with E-state index < -0.39 is 14.1 Å². The molecule has 56 valence electrons. The molecule has 11 heavy (non-hydrogen) atoms. The van der Waals surface area contributed by atoms with Gasteiger partial charge in [0.15, 0.2) is 0 Å². The summed E-state index contributed by atoms with van der Waals surface area (Å²) in [7, 11) is -4.86. The molecule has 0 aromatic heterocycles. The average Bonchev–Trinajstić information content (AvgIpc) is 1.19. The van der Waals surface area contributed by atoms with Gasteiger partial charge in [0.05, 0.1) is 5.09 Å². The quantitative estimate of drug-likeness (QED) is 0.214. The van der Waals surface area contributed by atoms with E-state index in [1.807, 2.05) is 0 Å². The Morgan fingerprint density at radius 2 is 1.09 bits per heavy atom. The fourth-order valence-electron chi connectivity index (χ4n) is 0. The van der Waals surface area contributed by atoms with Gasteiger partial charge in [0, 0.05) is 0 Å². The van der Waals surface area contributed by atoms with Crippen LogP contribution < -0.4 is 108 Å². The third kappa shape index (κ3) is 217. The van der Waals surface area contributed by atoms with Gasteiger partial charge in [-0.2, -0.15) is 0 Å². The minimum atomic E-state index is -4.86. The molecule has 0 aliphatic carbocycles. The van der Waals surface area contributed by atoms with E-state index in [1.54, 1.807) is 0 Å². The molecule has 0 radical (unpaired) electrons. The Morgan fingerprint density at radius 3 is 1.09 bits per heavy atom. The molecule has 0 aromatic carbocycles. The van der Waals surface area contributed by atoms with Gasteiger partial charge in [-0.1, -0.05) is 0 Å². The van der Waals surface area contributed by atoms with Crippen LogP contribution in [-0.4, -0.2) is 28.5 Å². The summed E-state index contributed by atoms with van der Waals surface area (Å²) < 4.78 is 0. The van der Waals surface area contributed by atoms with Gasteiger partial charge in [-0.05, 0) is 0 Å². The van der Waals surface area contributed by atoms with Crippen LogP contribution in [0.3, 0.4) is 0 Å². The molecule has 0 rings (SSSR count). The zero-order chi connectivity index (χ0) is 8.08. The molecule has 0 heterocycles. The van der Waals surface area contributed by atoms with Crippen molar-refractivity contribution in [1.29, 1.82) is 0 Å². The van der Waals surface area contributed by atoms with E-state index in [4.69, 9.17) is 34.5 Å². The summed E-state index contributed by atoms with van der Waals surface area (Å²) in [6.07, 6.45) is 0. The van der Waals surface area contributed by atoms with Crippen LogP contribution in [0.25, 0.3) is 0 Å². The second-order valence-electron chi connectivity index (χ2n) is 0.797. The van der Waals surface area contributed by atoms with E-state index in [9.17, 15) is 0 Å². The fraction of sp³-hybridized carbons (Fsp3) is 0. The maximum atomic E-state index is 8.91. The van der Waals surface area contributed by atoms with Gasteiger partial charge in [-0.25, -0.2) is 0 Å². The van der Waals surface area contributed by atoms with Gasteiger partial charge in [-0.15, -0.1) is 0 Å². The number of hydrogen-bond acceptors (Lipinski definition) is 7. The Bertz CT molecular complexity index is 78.9. The van der Waals surface area contributed by atoms with Crippen LogP contribution >= 0.6 is 0 Å². The summed E-state index contributed by atoms with van der Waals surface area (Å²) in [6.45, 7) is 0. The number of rotatable bonds is 0. The van der Waals surface area contributed by atoms with Gasteiger partial charge in [0.25, 0.3) is 0 Å². The standard InChI is InChI=1S/2K.NO3.H3O4Si/c;;2-1(3)4;1-5(2,3)4/h;;;1-3H/q2*+1;2*-1. The Morgan fingerprint density at radius 1 is 1.09 bits per heavy atom.